The number of rotatable bonds is 3. The van der Waals surface area contributed by atoms with Gasteiger partial charge in [0.1, 0.15) is 5.82 Å². The van der Waals surface area contributed by atoms with Crippen molar-refractivity contribution in [1.29, 1.82) is 0 Å². The van der Waals surface area contributed by atoms with Gasteiger partial charge >= 0.3 is 0 Å². The summed E-state index contributed by atoms with van der Waals surface area (Å²) in [5, 5.41) is 1.98. The minimum absolute atomic E-state index is 0.0243. The molecule has 0 aliphatic carbocycles. The molecule has 0 saturated heterocycles. The van der Waals surface area contributed by atoms with Crippen LogP contribution in [0.25, 0.3) is 0 Å². The van der Waals surface area contributed by atoms with E-state index >= 15 is 0 Å². The molecule has 2 aromatic rings. The van der Waals surface area contributed by atoms with Crippen molar-refractivity contribution in [2.75, 3.05) is 11.4 Å². The Hall–Kier alpha value is -2.01. The highest BCUT2D eigenvalue weighted by molar-refractivity contribution is 7.09. The minimum Gasteiger partial charge on any atom is -0.311 e. The van der Waals surface area contributed by atoms with Crippen LogP contribution in [-0.2, 0) is 11.2 Å². The van der Waals surface area contributed by atoms with Gasteiger partial charge in [-0.1, -0.05) is 6.07 Å². The third-order valence-corrected chi connectivity index (χ3v) is 4.51. The average Bonchev–Trinajstić information content (AvgIpc) is 2.99. The van der Waals surface area contributed by atoms with Gasteiger partial charge in [-0.25, -0.2) is 4.39 Å². The van der Waals surface area contributed by atoms with E-state index in [4.69, 9.17) is 0 Å². The Morgan fingerprint density at radius 1 is 1.33 bits per heavy atom. The third-order valence-electron chi connectivity index (χ3n) is 3.58. The van der Waals surface area contributed by atoms with Gasteiger partial charge in [0.2, 0.25) is 5.91 Å². The van der Waals surface area contributed by atoms with Gasteiger partial charge in [0.15, 0.2) is 5.78 Å². The zero-order valence-electron chi connectivity index (χ0n) is 11.3. The average molecular weight is 303 g/mol. The second kappa shape index (κ2) is 5.77. The zero-order chi connectivity index (χ0) is 14.8. The van der Waals surface area contributed by atoms with Crippen LogP contribution in [-0.4, -0.2) is 18.2 Å². The molecule has 108 valence electrons. The normalized spacial score (nSPS) is 14.1. The molecule has 21 heavy (non-hydrogen) atoms. The molecule has 1 aliphatic heterocycles. The molecule has 0 spiro atoms. The van der Waals surface area contributed by atoms with Crippen LogP contribution >= 0.6 is 11.3 Å². The highest BCUT2D eigenvalue weighted by atomic mass is 32.1. The van der Waals surface area contributed by atoms with E-state index in [1.807, 2.05) is 17.5 Å². The lowest BCUT2D eigenvalue weighted by molar-refractivity contribution is -0.118. The van der Waals surface area contributed by atoms with Crippen molar-refractivity contribution in [3.8, 4) is 0 Å². The van der Waals surface area contributed by atoms with Gasteiger partial charge in [-0.05, 0) is 36.1 Å². The Morgan fingerprint density at radius 2 is 2.19 bits per heavy atom. The molecule has 0 unspecified atom stereocenters. The molecule has 1 aliphatic rings. The monoisotopic (exact) mass is 303 g/mol. The summed E-state index contributed by atoms with van der Waals surface area (Å²) in [5.74, 6) is -0.578. The summed E-state index contributed by atoms with van der Waals surface area (Å²) < 4.78 is 13.3. The van der Waals surface area contributed by atoms with E-state index in [0.717, 1.165) is 4.88 Å². The lowest BCUT2D eigenvalue weighted by Gasteiger charge is -2.28. The number of ketones is 1. The topological polar surface area (TPSA) is 37.4 Å². The molecule has 0 radical (unpaired) electrons. The predicted molar refractivity (Wildman–Crippen MR) is 80.3 cm³/mol. The first-order valence-electron chi connectivity index (χ1n) is 6.80. The maximum atomic E-state index is 13.3. The fraction of sp³-hybridized carbons (Fsp3) is 0.250. The van der Waals surface area contributed by atoms with E-state index in [0.29, 0.717) is 30.6 Å². The fourth-order valence-electron chi connectivity index (χ4n) is 2.51. The fourth-order valence-corrected chi connectivity index (χ4v) is 3.22. The summed E-state index contributed by atoms with van der Waals surface area (Å²) in [4.78, 5) is 27.0. The summed E-state index contributed by atoms with van der Waals surface area (Å²) in [5.41, 5.74) is 0.842. The number of carbonyl (C=O) groups excluding carboxylic acids is 2. The quantitative estimate of drug-likeness (QED) is 0.871. The van der Waals surface area contributed by atoms with Crippen LogP contribution in [0.4, 0.5) is 10.1 Å². The molecule has 3 nitrogen and oxygen atoms in total. The number of fused-ring (bicyclic) bond motifs is 1. The predicted octanol–water partition coefficient (Wildman–Crippen LogP) is 3.44. The van der Waals surface area contributed by atoms with Gasteiger partial charge in [-0.15, -0.1) is 11.3 Å². The van der Waals surface area contributed by atoms with Crippen molar-refractivity contribution in [1.82, 2.24) is 0 Å². The van der Waals surface area contributed by atoms with Crippen LogP contribution < -0.4 is 4.90 Å². The van der Waals surface area contributed by atoms with E-state index < -0.39 is 5.82 Å². The Balaban J connectivity index is 1.78. The van der Waals surface area contributed by atoms with Gasteiger partial charge < -0.3 is 4.90 Å². The van der Waals surface area contributed by atoms with Gasteiger partial charge in [0, 0.05) is 29.8 Å². The van der Waals surface area contributed by atoms with Crippen molar-refractivity contribution in [2.24, 2.45) is 0 Å². The van der Waals surface area contributed by atoms with Crippen LogP contribution in [0.5, 0.6) is 0 Å². The van der Waals surface area contributed by atoms with Crippen molar-refractivity contribution in [2.45, 2.75) is 19.3 Å². The Morgan fingerprint density at radius 3 is 2.95 bits per heavy atom. The first kappa shape index (κ1) is 13.9. The molecular formula is C16H14FNO2S. The van der Waals surface area contributed by atoms with E-state index in [9.17, 15) is 14.0 Å². The minimum atomic E-state index is -0.449. The van der Waals surface area contributed by atoms with E-state index in [2.05, 4.69) is 0 Å². The Labute approximate surface area is 126 Å². The second-order valence-electron chi connectivity index (χ2n) is 4.96. The summed E-state index contributed by atoms with van der Waals surface area (Å²) in [6, 6.07) is 7.99. The largest absolute Gasteiger partial charge is 0.311 e. The molecule has 1 aromatic heterocycles. The summed E-state index contributed by atoms with van der Waals surface area (Å²) in [6.07, 6.45) is 1.34. The third kappa shape index (κ3) is 2.88. The van der Waals surface area contributed by atoms with E-state index in [1.165, 1.54) is 18.2 Å². The molecule has 0 saturated carbocycles. The standard InChI is InChI=1S/C16H14FNO2S/c17-11-3-5-14-13(10-11)15(19)7-8-18(14)16(20)6-4-12-2-1-9-21-12/h1-3,5,9-10H,4,6-8H2. The molecule has 3 rings (SSSR count). The van der Waals surface area contributed by atoms with Gasteiger partial charge in [0.05, 0.1) is 5.69 Å². The number of anilines is 1. The SMILES string of the molecule is O=C1CCN(C(=O)CCc2cccs2)c2ccc(F)cc21. The van der Waals surface area contributed by atoms with Crippen molar-refractivity contribution in [3.63, 3.8) is 0 Å². The molecule has 0 atom stereocenters. The number of thiophene rings is 1. The first-order chi connectivity index (χ1) is 10.1. The molecule has 2 heterocycles. The molecule has 0 bridgehead atoms. The maximum Gasteiger partial charge on any atom is 0.227 e. The molecule has 1 amide bonds. The number of hydrogen-bond acceptors (Lipinski definition) is 3. The first-order valence-corrected chi connectivity index (χ1v) is 7.68. The highest BCUT2D eigenvalue weighted by Crippen LogP contribution is 2.28. The van der Waals surface area contributed by atoms with Crippen LogP contribution in [0.2, 0.25) is 0 Å². The van der Waals surface area contributed by atoms with E-state index in [1.54, 1.807) is 16.2 Å². The number of aryl methyl sites for hydroxylation is 1. The van der Waals surface area contributed by atoms with Crippen molar-refractivity contribution < 1.29 is 14.0 Å². The number of benzene rings is 1. The van der Waals surface area contributed by atoms with Gasteiger partial charge in [-0.2, -0.15) is 0 Å². The number of hydrogen-bond donors (Lipinski definition) is 0. The number of amides is 1. The smallest absolute Gasteiger partial charge is 0.227 e. The maximum absolute atomic E-state index is 13.3. The lowest BCUT2D eigenvalue weighted by atomic mass is 9.99. The Kier molecular flexibility index (Phi) is 3.84. The number of carbonyl (C=O) groups is 2. The number of halogens is 1. The molecule has 0 fully saturated rings. The van der Waals surface area contributed by atoms with Crippen LogP contribution in [0.1, 0.15) is 28.1 Å². The number of nitrogens with zero attached hydrogens (tertiary/aromatic N) is 1. The molecular weight excluding hydrogens is 289 g/mol. The van der Waals surface area contributed by atoms with Crippen LogP contribution in [0.15, 0.2) is 35.7 Å². The summed E-state index contributed by atoms with van der Waals surface area (Å²) >= 11 is 1.63. The molecule has 0 N–H and O–H groups in total. The Bertz CT molecular complexity index is 682. The molecule has 5 heteroatoms. The highest BCUT2D eigenvalue weighted by Gasteiger charge is 2.27. The van der Waals surface area contributed by atoms with E-state index in [-0.39, 0.29) is 18.1 Å². The van der Waals surface area contributed by atoms with Gasteiger partial charge in [-0.3, -0.25) is 9.59 Å². The van der Waals surface area contributed by atoms with Crippen LogP contribution in [0, 0.1) is 5.82 Å². The summed E-state index contributed by atoms with van der Waals surface area (Å²) in [6.45, 7) is 0.376. The lowest BCUT2D eigenvalue weighted by Crippen LogP contribution is -2.37. The molecule has 1 aromatic carbocycles. The van der Waals surface area contributed by atoms with Gasteiger partial charge in [0.25, 0.3) is 0 Å². The number of Topliss-reactive ketones (excluding diaryl/α,β-unsaturated/α-hetero) is 1. The summed E-state index contributed by atoms with van der Waals surface area (Å²) in [7, 11) is 0. The zero-order valence-corrected chi connectivity index (χ0v) is 12.2. The van der Waals surface area contributed by atoms with Crippen LogP contribution in [0.3, 0.4) is 0 Å². The van der Waals surface area contributed by atoms with Crippen molar-refractivity contribution >= 4 is 28.7 Å². The van der Waals surface area contributed by atoms with Crippen molar-refractivity contribution in [3.05, 3.63) is 52.0 Å². The second-order valence-corrected chi connectivity index (χ2v) is 5.99.